The summed E-state index contributed by atoms with van der Waals surface area (Å²) in [5.74, 6) is -0.174. The van der Waals surface area contributed by atoms with E-state index in [0.29, 0.717) is 0 Å². The first-order chi connectivity index (χ1) is 10.4. The van der Waals surface area contributed by atoms with Crippen LogP contribution in [0.1, 0.15) is 13.2 Å². The molecule has 0 amide bonds. The molecule has 2 unspecified atom stereocenters. The molecule has 10 nitrogen and oxygen atoms in total. The molecule has 0 bridgehead atoms. The molecular weight excluding hydrogens is 294 g/mol. The van der Waals surface area contributed by atoms with E-state index in [2.05, 4.69) is 15.0 Å². The van der Waals surface area contributed by atoms with Gasteiger partial charge in [-0.3, -0.25) is 4.79 Å². The number of fused-ring (bicyclic) bond motifs is 1. The topological polar surface area (TPSA) is 157 Å². The van der Waals surface area contributed by atoms with Gasteiger partial charge in [0.2, 0.25) is 5.95 Å². The van der Waals surface area contributed by atoms with Crippen LogP contribution in [-0.2, 0) is 4.74 Å². The second-order valence-corrected chi connectivity index (χ2v) is 5.27. The van der Waals surface area contributed by atoms with Crippen molar-refractivity contribution in [2.45, 2.75) is 31.0 Å². The number of nitrogens with two attached hydrogens (primary N) is 1. The molecule has 1 saturated heterocycles. The molecule has 3 heterocycles. The standard InChI is InChI=1S/C12H15N5O5/c1-12(21)7(19)5(4-18)22-10(12)17-3-2-14-6-8(17)15-11(13)16-9(6)20/h2-3,5,7,10,18-19,21H,4H2,1H3,(H2,13,16,20)/t5-,7?,10-,12?/m1/s1. The van der Waals surface area contributed by atoms with Crippen LogP contribution in [0, 0.1) is 0 Å². The van der Waals surface area contributed by atoms with E-state index >= 15 is 0 Å². The number of hydrogen-bond acceptors (Lipinski definition) is 9. The summed E-state index contributed by atoms with van der Waals surface area (Å²) in [6.07, 6.45) is -0.620. The maximum atomic E-state index is 11.8. The second-order valence-electron chi connectivity index (χ2n) is 5.27. The Hall–Kier alpha value is -2.14. The van der Waals surface area contributed by atoms with Crippen molar-refractivity contribution in [1.29, 1.82) is 0 Å². The minimum Gasteiger partial charge on any atom is -0.394 e. The molecule has 118 valence electrons. The molecule has 3 aliphatic rings. The van der Waals surface area contributed by atoms with Gasteiger partial charge in [-0.05, 0) is 6.92 Å². The van der Waals surface area contributed by atoms with E-state index in [4.69, 9.17) is 10.5 Å². The Morgan fingerprint density at radius 1 is 1.50 bits per heavy atom. The van der Waals surface area contributed by atoms with Crippen LogP contribution in [0.15, 0.2) is 17.2 Å². The highest BCUT2D eigenvalue weighted by Gasteiger charge is 2.53. The Morgan fingerprint density at radius 3 is 2.86 bits per heavy atom. The zero-order valence-electron chi connectivity index (χ0n) is 11.6. The Bertz CT molecular complexity index is 732. The first-order valence-electron chi connectivity index (χ1n) is 6.53. The number of aliphatic hydroxyl groups is 3. The number of nitrogen functional groups attached to an aromatic ring is 1. The van der Waals surface area contributed by atoms with Crippen molar-refractivity contribution in [2.75, 3.05) is 12.3 Å². The van der Waals surface area contributed by atoms with Gasteiger partial charge in [0.25, 0.3) is 0 Å². The van der Waals surface area contributed by atoms with E-state index in [1.165, 1.54) is 23.9 Å². The van der Waals surface area contributed by atoms with Gasteiger partial charge in [0.05, 0.1) is 6.61 Å². The highest BCUT2D eigenvalue weighted by molar-refractivity contribution is 5.51. The van der Waals surface area contributed by atoms with Crippen molar-refractivity contribution in [3.63, 3.8) is 0 Å². The third kappa shape index (κ3) is 2.04. The molecule has 10 heteroatoms. The van der Waals surface area contributed by atoms with Crippen molar-refractivity contribution in [1.82, 2.24) is 19.5 Å². The zero-order chi connectivity index (χ0) is 16.1. The van der Waals surface area contributed by atoms with Crippen LogP contribution >= 0.6 is 0 Å². The highest BCUT2D eigenvalue weighted by atomic mass is 16.6. The summed E-state index contributed by atoms with van der Waals surface area (Å²) in [5.41, 5.74) is 3.07. The number of aromatic nitrogens is 4. The molecule has 1 fully saturated rings. The van der Waals surface area contributed by atoms with Crippen molar-refractivity contribution in [2.24, 2.45) is 0 Å². The number of ether oxygens (including phenoxy) is 1. The molecule has 3 rings (SSSR count). The Balaban J connectivity index is 2.16. The average Bonchev–Trinajstić information content (AvgIpc) is 2.69. The van der Waals surface area contributed by atoms with E-state index in [9.17, 15) is 20.1 Å². The van der Waals surface area contributed by atoms with E-state index in [1.54, 1.807) is 0 Å². The van der Waals surface area contributed by atoms with Gasteiger partial charge in [0.1, 0.15) is 17.8 Å². The second kappa shape index (κ2) is 4.95. The Kier molecular flexibility index (Phi) is 3.33. The number of aliphatic hydroxyl groups excluding tert-OH is 2. The molecule has 22 heavy (non-hydrogen) atoms. The molecule has 5 N–H and O–H groups in total. The van der Waals surface area contributed by atoms with Crippen molar-refractivity contribution in [3.8, 4) is 11.5 Å². The summed E-state index contributed by atoms with van der Waals surface area (Å²) < 4.78 is 6.83. The fourth-order valence-electron chi connectivity index (χ4n) is 2.56. The van der Waals surface area contributed by atoms with Gasteiger partial charge in [-0.15, -0.1) is 0 Å². The summed E-state index contributed by atoms with van der Waals surface area (Å²) in [7, 11) is 0. The minimum atomic E-state index is -1.71. The van der Waals surface area contributed by atoms with E-state index in [0.717, 1.165) is 0 Å². The van der Waals surface area contributed by atoms with Crippen molar-refractivity contribution < 1.29 is 20.1 Å². The maximum absolute atomic E-state index is 11.8. The number of hydrogen-bond donors (Lipinski definition) is 4. The lowest BCUT2D eigenvalue weighted by atomic mass is 9.96. The van der Waals surface area contributed by atoms with E-state index < -0.39 is 36.2 Å². The predicted molar refractivity (Wildman–Crippen MR) is 72.7 cm³/mol. The summed E-state index contributed by atoms with van der Waals surface area (Å²) >= 11 is 0. The summed E-state index contributed by atoms with van der Waals surface area (Å²) in [6, 6.07) is 0. The molecule has 0 aromatic rings. The lowest BCUT2D eigenvalue weighted by Crippen LogP contribution is -2.44. The largest absolute Gasteiger partial charge is 0.394 e. The zero-order valence-corrected chi connectivity index (χ0v) is 11.6. The third-order valence-corrected chi connectivity index (χ3v) is 3.71. The predicted octanol–water partition coefficient (Wildman–Crippen LogP) is -2.28. The first kappa shape index (κ1) is 14.8. The van der Waals surface area contributed by atoms with Gasteiger partial charge in [-0.1, -0.05) is 0 Å². The normalized spacial score (nSPS) is 31.7. The molecule has 3 aliphatic heterocycles. The first-order valence-corrected chi connectivity index (χ1v) is 6.53. The molecule has 0 aromatic carbocycles. The molecule has 0 radical (unpaired) electrons. The fraction of sp³-hybridized carbons (Fsp3) is 0.500. The van der Waals surface area contributed by atoms with Crippen LogP contribution in [-0.4, -0.2) is 59.3 Å². The molecular formula is C12H15N5O5. The van der Waals surface area contributed by atoms with Crippen LogP contribution in [0.4, 0.5) is 5.95 Å². The lowest BCUT2D eigenvalue weighted by molar-refractivity contribution is -0.0965. The quantitative estimate of drug-likeness (QED) is 0.480. The van der Waals surface area contributed by atoms with Crippen LogP contribution in [0.25, 0.3) is 11.5 Å². The molecule has 0 aromatic heterocycles. The SMILES string of the molecule is CC1(O)C(O)[C@@H](CO)O[C@H]1n1ccnc2c(=O)nc(N)nc1-2. The fourth-order valence-corrected chi connectivity index (χ4v) is 2.56. The van der Waals surface area contributed by atoms with Gasteiger partial charge in [0.15, 0.2) is 17.7 Å². The molecule has 0 aliphatic carbocycles. The van der Waals surface area contributed by atoms with Crippen LogP contribution in [0.2, 0.25) is 0 Å². The van der Waals surface area contributed by atoms with Gasteiger partial charge in [-0.2, -0.15) is 9.97 Å². The van der Waals surface area contributed by atoms with Crippen molar-refractivity contribution >= 4 is 5.95 Å². The monoisotopic (exact) mass is 309 g/mol. The smallest absolute Gasteiger partial charge is 0.302 e. The maximum Gasteiger partial charge on any atom is 0.302 e. The number of rotatable bonds is 2. The minimum absolute atomic E-state index is 0.0435. The number of nitrogens with zero attached hydrogens (tertiary/aromatic N) is 4. The molecule has 0 spiro atoms. The highest BCUT2D eigenvalue weighted by Crippen LogP contribution is 2.39. The molecule has 4 atom stereocenters. The molecule has 0 saturated carbocycles. The lowest BCUT2D eigenvalue weighted by Gasteiger charge is -2.29. The van der Waals surface area contributed by atoms with Crippen LogP contribution in [0.5, 0.6) is 0 Å². The van der Waals surface area contributed by atoms with Gasteiger partial charge in [-0.25, -0.2) is 4.98 Å². The number of anilines is 1. The van der Waals surface area contributed by atoms with Crippen molar-refractivity contribution in [3.05, 3.63) is 22.7 Å². The summed E-state index contributed by atoms with van der Waals surface area (Å²) in [6.45, 7) is 0.890. The van der Waals surface area contributed by atoms with Gasteiger partial charge in [0, 0.05) is 12.4 Å². The van der Waals surface area contributed by atoms with Crippen LogP contribution in [0.3, 0.4) is 0 Å². The Morgan fingerprint density at radius 2 is 2.23 bits per heavy atom. The average molecular weight is 309 g/mol. The van der Waals surface area contributed by atoms with E-state index in [1.807, 2.05) is 0 Å². The van der Waals surface area contributed by atoms with Crippen LogP contribution < -0.4 is 11.3 Å². The van der Waals surface area contributed by atoms with Gasteiger partial charge >= 0.3 is 5.56 Å². The third-order valence-electron chi connectivity index (χ3n) is 3.71. The van der Waals surface area contributed by atoms with Gasteiger partial charge < -0.3 is 30.4 Å². The summed E-state index contributed by atoms with van der Waals surface area (Å²) in [5, 5.41) is 29.8. The summed E-state index contributed by atoms with van der Waals surface area (Å²) in [4.78, 5) is 23.2. The Labute approximate surface area is 124 Å². The van der Waals surface area contributed by atoms with E-state index in [-0.39, 0.29) is 17.5 Å².